The molecule has 0 aromatic heterocycles. The smallest absolute Gasteiger partial charge is 0.306 e. The Morgan fingerprint density at radius 3 is 2.65 bits per heavy atom. The number of aryl methyl sites for hydroxylation is 1. The molecule has 0 amide bonds. The Hall–Kier alpha value is -1.12. The molecule has 0 spiro atoms. The third-order valence-electron chi connectivity index (χ3n) is 2.70. The van der Waals surface area contributed by atoms with E-state index in [1.807, 2.05) is 6.07 Å². The van der Waals surface area contributed by atoms with Crippen molar-refractivity contribution >= 4 is 37.8 Å². The van der Waals surface area contributed by atoms with Crippen molar-refractivity contribution in [1.29, 1.82) is 0 Å². The Morgan fingerprint density at radius 1 is 1.45 bits per heavy atom. The van der Waals surface area contributed by atoms with Crippen LogP contribution in [0.4, 0.5) is 5.69 Å². The largest absolute Gasteiger partial charge is 0.469 e. The summed E-state index contributed by atoms with van der Waals surface area (Å²) in [4.78, 5) is 11.0. The zero-order valence-corrected chi connectivity index (χ0v) is 13.9. The van der Waals surface area contributed by atoms with Crippen LogP contribution in [0.3, 0.4) is 0 Å². The quantitative estimate of drug-likeness (QED) is 0.782. The lowest BCUT2D eigenvalue weighted by atomic mass is 10.2. The monoisotopic (exact) mass is 364 g/mol. The highest BCUT2D eigenvalue weighted by molar-refractivity contribution is 9.10. The van der Waals surface area contributed by atoms with Crippen LogP contribution >= 0.6 is 15.9 Å². The average Bonchev–Trinajstić information content (AvgIpc) is 2.38. The van der Waals surface area contributed by atoms with Gasteiger partial charge in [-0.2, -0.15) is 12.7 Å². The second kappa shape index (κ2) is 7.05. The van der Waals surface area contributed by atoms with Crippen molar-refractivity contribution in [2.24, 2.45) is 0 Å². The highest BCUT2D eigenvalue weighted by Gasteiger charge is 2.19. The summed E-state index contributed by atoms with van der Waals surface area (Å²) >= 11 is 3.31. The van der Waals surface area contributed by atoms with Gasteiger partial charge in [-0.05, 0) is 30.7 Å². The molecule has 0 heterocycles. The fourth-order valence-electron chi connectivity index (χ4n) is 1.43. The second-order valence-electron chi connectivity index (χ2n) is 4.21. The highest BCUT2D eigenvalue weighted by Crippen LogP contribution is 2.21. The van der Waals surface area contributed by atoms with Crippen molar-refractivity contribution in [3.8, 4) is 0 Å². The third kappa shape index (κ3) is 4.77. The Kier molecular flexibility index (Phi) is 5.97. The number of anilines is 1. The summed E-state index contributed by atoms with van der Waals surface area (Å²) < 4.78 is 33.1. The molecule has 0 aliphatic carbocycles. The number of carbonyl (C=O) groups is 1. The van der Waals surface area contributed by atoms with E-state index in [9.17, 15) is 13.2 Å². The lowest BCUT2D eigenvalue weighted by Gasteiger charge is -2.18. The standard InChI is InChI=1S/C12H17BrN2O4S/c1-9-8-10(13)4-5-11(9)14-20(17,18)15(2)7-6-12(16)19-3/h4-5,8,14H,6-7H2,1-3H3. The van der Waals surface area contributed by atoms with Gasteiger partial charge >= 0.3 is 16.2 Å². The van der Waals surface area contributed by atoms with Crippen molar-refractivity contribution < 1.29 is 17.9 Å². The van der Waals surface area contributed by atoms with Crippen LogP contribution in [0.5, 0.6) is 0 Å². The van der Waals surface area contributed by atoms with Crippen LogP contribution < -0.4 is 4.72 Å². The highest BCUT2D eigenvalue weighted by atomic mass is 79.9. The maximum absolute atomic E-state index is 12.1. The number of hydrogen-bond donors (Lipinski definition) is 1. The van der Waals surface area contributed by atoms with Gasteiger partial charge in [0, 0.05) is 18.1 Å². The summed E-state index contributed by atoms with van der Waals surface area (Å²) in [5.41, 5.74) is 1.29. The number of nitrogens with one attached hydrogen (secondary N) is 1. The first-order valence-electron chi connectivity index (χ1n) is 5.83. The maximum Gasteiger partial charge on any atom is 0.306 e. The molecule has 112 valence electrons. The third-order valence-corrected chi connectivity index (χ3v) is 4.67. The van der Waals surface area contributed by atoms with Gasteiger partial charge in [-0.3, -0.25) is 9.52 Å². The first kappa shape index (κ1) is 16.9. The number of carbonyl (C=O) groups excluding carboxylic acids is 1. The molecule has 0 aliphatic heterocycles. The van der Waals surface area contributed by atoms with Gasteiger partial charge in [0.1, 0.15) is 0 Å². The molecule has 0 unspecified atom stereocenters. The van der Waals surface area contributed by atoms with Crippen molar-refractivity contribution in [1.82, 2.24) is 4.31 Å². The molecule has 1 aromatic rings. The van der Waals surface area contributed by atoms with E-state index < -0.39 is 16.2 Å². The summed E-state index contributed by atoms with van der Waals surface area (Å²) in [6.07, 6.45) is 0.00717. The summed E-state index contributed by atoms with van der Waals surface area (Å²) in [6.45, 7) is 1.86. The number of rotatable bonds is 6. The molecule has 0 radical (unpaired) electrons. The molecule has 6 nitrogen and oxygen atoms in total. The molecule has 1 aromatic carbocycles. The molecule has 0 fully saturated rings. The van der Waals surface area contributed by atoms with E-state index in [-0.39, 0.29) is 13.0 Å². The van der Waals surface area contributed by atoms with E-state index in [1.165, 1.54) is 14.2 Å². The molecule has 0 bridgehead atoms. The van der Waals surface area contributed by atoms with E-state index in [1.54, 1.807) is 19.1 Å². The van der Waals surface area contributed by atoms with Crippen LogP contribution in [0.25, 0.3) is 0 Å². The first-order valence-corrected chi connectivity index (χ1v) is 8.06. The molecular formula is C12H17BrN2O4S. The van der Waals surface area contributed by atoms with Crippen molar-refractivity contribution in [2.75, 3.05) is 25.4 Å². The van der Waals surface area contributed by atoms with Gasteiger partial charge in [0.05, 0.1) is 19.2 Å². The molecule has 0 saturated heterocycles. The normalized spacial score (nSPS) is 11.4. The second-order valence-corrected chi connectivity index (χ2v) is 6.91. The molecule has 1 rings (SSSR count). The lowest BCUT2D eigenvalue weighted by molar-refractivity contribution is -0.140. The van der Waals surface area contributed by atoms with Gasteiger partial charge in [0.25, 0.3) is 0 Å². The predicted octanol–water partition coefficient (Wildman–Crippen LogP) is 1.91. The molecule has 20 heavy (non-hydrogen) atoms. The summed E-state index contributed by atoms with van der Waals surface area (Å²) in [7, 11) is -1.03. The van der Waals surface area contributed by atoms with Crippen molar-refractivity contribution in [2.45, 2.75) is 13.3 Å². The average molecular weight is 365 g/mol. The van der Waals surface area contributed by atoms with Gasteiger partial charge < -0.3 is 4.74 Å². The number of halogens is 1. The number of hydrogen-bond acceptors (Lipinski definition) is 4. The topological polar surface area (TPSA) is 75.7 Å². The molecular weight excluding hydrogens is 348 g/mol. The van der Waals surface area contributed by atoms with Crippen LogP contribution in [-0.4, -0.2) is 39.4 Å². The summed E-state index contributed by atoms with van der Waals surface area (Å²) in [5, 5.41) is 0. The van der Waals surface area contributed by atoms with Crippen LogP contribution in [0.1, 0.15) is 12.0 Å². The van der Waals surface area contributed by atoms with E-state index in [4.69, 9.17) is 0 Å². The van der Waals surface area contributed by atoms with Gasteiger partial charge in [-0.15, -0.1) is 0 Å². The van der Waals surface area contributed by atoms with Crippen LogP contribution in [0.2, 0.25) is 0 Å². The molecule has 8 heteroatoms. The number of benzene rings is 1. The summed E-state index contributed by atoms with van der Waals surface area (Å²) in [5.74, 6) is -0.452. The number of esters is 1. The Bertz CT molecular complexity index is 589. The van der Waals surface area contributed by atoms with Crippen molar-refractivity contribution in [3.63, 3.8) is 0 Å². The Morgan fingerprint density at radius 2 is 2.10 bits per heavy atom. The fraction of sp³-hybridized carbons (Fsp3) is 0.417. The van der Waals surface area contributed by atoms with E-state index in [2.05, 4.69) is 25.4 Å². The van der Waals surface area contributed by atoms with Crippen molar-refractivity contribution in [3.05, 3.63) is 28.2 Å². The zero-order chi connectivity index (χ0) is 15.3. The predicted molar refractivity (Wildman–Crippen MR) is 80.7 cm³/mol. The minimum absolute atomic E-state index is 0.00717. The number of nitrogens with zero attached hydrogens (tertiary/aromatic N) is 1. The lowest BCUT2D eigenvalue weighted by Crippen LogP contribution is -2.34. The van der Waals surface area contributed by atoms with Crippen LogP contribution in [0.15, 0.2) is 22.7 Å². The Labute approximate surface area is 127 Å². The molecule has 0 atom stereocenters. The zero-order valence-electron chi connectivity index (χ0n) is 11.5. The summed E-state index contributed by atoms with van der Waals surface area (Å²) in [6, 6.07) is 5.23. The van der Waals surface area contributed by atoms with Crippen LogP contribution in [-0.2, 0) is 19.7 Å². The van der Waals surface area contributed by atoms with Gasteiger partial charge in [-0.25, -0.2) is 0 Å². The van der Waals surface area contributed by atoms with Gasteiger partial charge in [0.15, 0.2) is 0 Å². The minimum Gasteiger partial charge on any atom is -0.469 e. The van der Waals surface area contributed by atoms with Crippen LogP contribution in [0, 0.1) is 6.92 Å². The minimum atomic E-state index is -3.69. The Balaban J connectivity index is 2.76. The molecule has 0 aliphatic rings. The van der Waals surface area contributed by atoms with Gasteiger partial charge in [0.2, 0.25) is 0 Å². The molecule has 1 N–H and O–H groups in total. The maximum atomic E-state index is 12.1. The number of methoxy groups -OCH3 is 1. The van der Waals surface area contributed by atoms with E-state index >= 15 is 0 Å². The van der Waals surface area contributed by atoms with E-state index in [0.29, 0.717) is 5.69 Å². The first-order chi connectivity index (χ1) is 9.26. The van der Waals surface area contributed by atoms with Gasteiger partial charge in [-0.1, -0.05) is 15.9 Å². The SMILES string of the molecule is COC(=O)CCN(C)S(=O)(=O)Nc1ccc(Br)cc1C. The molecule has 0 saturated carbocycles. The fourth-order valence-corrected chi connectivity index (χ4v) is 2.90. The number of ether oxygens (including phenoxy) is 1. The van der Waals surface area contributed by atoms with E-state index in [0.717, 1.165) is 14.3 Å².